The lowest BCUT2D eigenvalue weighted by molar-refractivity contribution is 0.600. The monoisotopic (exact) mass is 304 g/mol. The van der Waals surface area contributed by atoms with Crippen molar-refractivity contribution in [3.8, 4) is 0 Å². The van der Waals surface area contributed by atoms with Crippen LogP contribution < -0.4 is 4.72 Å². The summed E-state index contributed by atoms with van der Waals surface area (Å²) < 4.78 is 26.1. The molecule has 0 aliphatic rings. The van der Waals surface area contributed by atoms with Crippen LogP contribution in [-0.2, 0) is 10.0 Å². The zero-order chi connectivity index (χ0) is 13.2. The Morgan fingerprint density at radius 3 is 2.39 bits per heavy atom. The van der Waals surface area contributed by atoms with E-state index in [2.05, 4.69) is 19.7 Å². The molecule has 2 rings (SSSR count). The van der Waals surface area contributed by atoms with Crippen LogP contribution in [0.4, 0.5) is 5.82 Å². The molecule has 2 aromatic rings. The summed E-state index contributed by atoms with van der Waals surface area (Å²) in [7, 11) is -3.80. The van der Waals surface area contributed by atoms with Crippen molar-refractivity contribution in [3.63, 3.8) is 0 Å². The van der Waals surface area contributed by atoms with Gasteiger partial charge in [-0.3, -0.25) is 4.72 Å². The summed E-state index contributed by atoms with van der Waals surface area (Å²) in [6.07, 6.45) is 3.59. The molecule has 0 amide bonds. The lowest BCUT2D eigenvalue weighted by atomic mass is 10.5. The fourth-order valence-corrected chi connectivity index (χ4v) is 2.24. The first-order valence-corrected chi connectivity index (χ1v) is 6.83. The minimum atomic E-state index is -3.80. The first kappa shape index (κ1) is 13.0. The number of hydrogen-bond acceptors (Lipinski definition) is 5. The van der Waals surface area contributed by atoms with Crippen LogP contribution in [0.2, 0.25) is 10.3 Å². The number of halogens is 2. The Morgan fingerprint density at radius 2 is 1.78 bits per heavy atom. The highest BCUT2D eigenvalue weighted by Crippen LogP contribution is 2.16. The summed E-state index contributed by atoms with van der Waals surface area (Å²) in [5, 5.41) is 0.338. The van der Waals surface area contributed by atoms with Gasteiger partial charge in [0.25, 0.3) is 10.0 Å². The zero-order valence-corrected chi connectivity index (χ0v) is 11.0. The molecule has 0 bridgehead atoms. The van der Waals surface area contributed by atoms with E-state index < -0.39 is 10.0 Å². The highest BCUT2D eigenvalue weighted by molar-refractivity contribution is 7.92. The summed E-state index contributed by atoms with van der Waals surface area (Å²) >= 11 is 11.2. The van der Waals surface area contributed by atoms with Gasteiger partial charge in [0.1, 0.15) is 10.7 Å². The maximum atomic E-state index is 11.9. The van der Waals surface area contributed by atoms with Gasteiger partial charge in [0.15, 0.2) is 0 Å². The molecule has 6 nitrogen and oxygen atoms in total. The van der Waals surface area contributed by atoms with E-state index in [0.717, 1.165) is 12.4 Å². The van der Waals surface area contributed by atoms with E-state index in [1.54, 1.807) is 0 Å². The molecule has 0 saturated carbocycles. The smallest absolute Gasteiger partial charge is 0.263 e. The summed E-state index contributed by atoms with van der Waals surface area (Å²) in [5.74, 6) is 0.109. The maximum Gasteiger partial charge on any atom is 0.266 e. The number of nitrogens with one attached hydrogen (secondary N) is 1. The number of aromatic nitrogens is 3. The van der Waals surface area contributed by atoms with Crippen molar-refractivity contribution in [2.75, 3.05) is 4.72 Å². The molecule has 2 aromatic heterocycles. The Bertz CT molecular complexity index is 661. The molecular formula is C9H6Cl2N4O2S. The third-order valence-electron chi connectivity index (χ3n) is 1.87. The molecule has 0 radical (unpaired) electrons. The molecule has 0 saturated heterocycles. The van der Waals surface area contributed by atoms with E-state index in [1.165, 1.54) is 18.3 Å². The SMILES string of the molecule is O=S(=O)(Nc1cc(Cl)ccn1)c1cnc(Cl)nc1. The van der Waals surface area contributed by atoms with E-state index in [0.29, 0.717) is 5.02 Å². The maximum absolute atomic E-state index is 11.9. The second kappa shape index (κ2) is 5.05. The molecule has 94 valence electrons. The van der Waals surface area contributed by atoms with Gasteiger partial charge in [0.05, 0.1) is 12.4 Å². The lowest BCUT2D eigenvalue weighted by Crippen LogP contribution is -2.14. The largest absolute Gasteiger partial charge is 0.266 e. The standard InChI is InChI=1S/C9H6Cl2N4O2S/c10-6-1-2-12-8(3-6)15-18(16,17)7-4-13-9(11)14-5-7/h1-5H,(H,12,15). The van der Waals surface area contributed by atoms with Crippen molar-refractivity contribution in [1.29, 1.82) is 0 Å². The van der Waals surface area contributed by atoms with Crippen molar-refractivity contribution in [1.82, 2.24) is 15.0 Å². The molecule has 1 N–H and O–H groups in total. The highest BCUT2D eigenvalue weighted by Gasteiger charge is 2.16. The van der Waals surface area contributed by atoms with Gasteiger partial charge in [0, 0.05) is 17.3 Å². The van der Waals surface area contributed by atoms with E-state index in [1.807, 2.05) is 0 Å². The average Bonchev–Trinajstić information content (AvgIpc) is 2.29. The Kier molecular flexibility index (Phi) is 3.65. The zero-order valence-electron chi connectivity index (χ0n) is 8.71. The number of anilines is 1. The van der Waals surface area contributed by atoms with Crippen molar-refractivity contribution in [2.24, 2.45) is 0 Å². The molecule has 0 aliphatic carbocycles. The Morgan fingerprint density at radius 1 is 1.11 bits per heavy atom. The van der Waals surface area contributed by atoms with Gasteiger partial charge in [-0.1, -0.05) is 11.6 Å². The molecule has 9 heteroatoms. The predicted octanol–water partition coefficient (Wildman–Crippen LogP) is 1.98. The van der Waals surface area contributed by atoms with Crippen LogP contribution in [0, 0.1) is 0 Å². The van der Waals surface area contributed by atoms with Crippen LogP contribution >= 0.6 is 23.2 Å². The number of rotatable bonds is 3. The third kappa shape index (κ3) is 3.06. The fourth-order valence-electron chi connectivity index (χ4n) is 1.10. The normalized spacial score (nSPS) is 11.2. The van der Waals surface area contributed by atoms with Crippen LogP contribution in [0.15, 0.2) is 35.6 Å². The Balaban J connectivity index is 2.30. The van der Waals surface area contributed by atoms with Crippen LogP contribution in [0.5, 0.6) is 0 Å². The van der Waals surface area contributed by atoms with E-state index >= 15 is 0 Å². The predicted molar refractivity (Wildman–Crippen MR) is 67.1 cm³/mol. The molecule has 0 spiro atoms. The number of hydrogen-bond donors (Lipinski definition) is 1. The Hall–Kier alpha value is -1.44. The van der Waals surface area contributed by atoms with Crippen molar-refractivity contribution < 1.29 is 8.42 Å². The summed E-state index contributed by atoms with van der Waals surface area (Å²) in [4.78, 5) is 10.9. The summed E-state index contributed by atoms with van der Waals surface area (Å²) in [6.45, 7) is 0. The van der Waals surface area contributed by atoms with Gasteiger partial charge in [-0.15, -0.1) is 0 Å². The molecule has 0 aromatic carbocycles. The molecule has 0 atom stereocenters. The molecule has 18 heavy (non-hydrogen) atoms. The first-order valence-electron chi connectivity index (χ1n) is 4.59. The molecule has 0 unspecified atom stereocenters. The van der Waals surface area contributed by atoms with Crippen molar-refractivity contribution >= 4 is 39.0 Å². The third-order valence-corrected chi connectivity index (χ3v) is 3.61. The van der Waals surface area contributed by atoms with E-state index in [4.69, 9.17) is 23.2 Å². The van der Waals surface area contributed by atoms with Crippen molar-refractivity contribution in [2.45, 2.75) is 4.90 Å². The highest BCUT2D eigenvalue weighted by atomic mass is 35.5. The van der Waals surface area contributed by atoms with Gasteiger partial charge in [-0.2, -0.15) is 0 Å². The van der Waals surface area contributed by atoms with Gasteiger partial charge >= 0.3 is 0 Å². The molecule has 0 fully saturated rings. The minimum absolute atomic E-state index is 0.0326. The molecule has 0 aliphatic heterocycles. The molecule has 2 heterocycles. The van der Waals surface area contributed by atoms with E-state index in [9.17, 15) is 8.42 Å². The summed E-state index contributed by atoms with van der Waals surface area (Å²) in [6, 6.07) is 2.92. The second-order valence-corrected chi connectivity index (χ2v) is 5.61. The average molecular weight is 305 g/mol. The van der Waals surface area contributed by atoms with Gasteiger partial charge in [-0.25, -0.2) is 23.4 Å². The fraction of sp³-hybridized carbons (Fsp3) is 0. The van der Waals surface area contributed by atoms with Crippen LogP contribution in [0.25, 0.3) is 0 Å². The number of nitrogens with zero attached hydrogens (tertiary/aromatic N) is 3. The van der Waals surface area contributed by atoms with Gasteiger partial charge in [-0.05, 0) is 17.7 Å². The van der Waals surface area contributed by atoms with Crippen LogP contribution in [0.1, 0.15) is 0 Å². The van der Waals surface area contributed by atoms with Crippen LogP contribution in [0.3, 0.4) is 0 Å². The number of sulfonamides is 1. The van der Waals surface area contributed by atoms with Crippen LogP contribution in [-0.4, -0.2) is 23.4 Å². The molecular weight excluding hydrogens is 299 g/mol. The second-order valence-electron chi connectivity index (χ2n) is 3.15. The van der Waals surface area contributed by atoms with Gasteiger partial charge < -0.3 is 0 Å². The minimum Gasteiger partial charge on any atom is -0.263 e. The lowest BCUT2D eigenvalue weighted by Gasteiger charge is -2.06. The summed E-state index contributed by atoms with van der Waals surface area (Å²) in [5.41, 5.74) is 0. The van der Waals surface area contributed by atoms with Crippen molar-refractivity contribution in [3.05, 3.63) is 41.0 Å². The number of pyridine rings is 1. The van der Waals surface area contributed by atoms with Gasteiger partial charge in [0.2, 0.25) is 5.28 Å². The topological polar surface area (TPSA) is 84.8 Å². The quantitative estimate of drug-likeness (QED) is 0.876. The Labute approximate surface area is 113 Å². The van der Waals surface area contributed by atoms with E-state index in [-0.39, 0.29) is 16.0 Å². The first-order chi connectivity index (χ1) is 8.47.